The minimum absolute atomic E-state index is 0.169. The molecule has 3 aliphatic rings. The minimum Gasteiger partial charge on any atom is -0.0753 e. The second kappa shape index (κ2) is 12.8. The molecule has 0 heteroatoms. The van der Waals surface area contributed by atoms with Crippen LogP contribution >= 0.6 is 0 Å². The predicted molar refractivity (Wildman–Crippen MR) is 269 cm³/mol. The van der Waals surface area contributed by atoms with Crippen molar-refractivity contribution in [1.82, 2.24) is 0 Å². The Morgan fingerprint density at radius 1 is 0.429 bits per heavy atom. The monoisotopic (exact) mass is 798 g/mol. The Balaban J connectivity index is 0.859. The van der Waals surface area contributed by atoms with Crippen LogP contribution in [0, 0.1) is 0 Å². The molecule has 294 valence electrons. The summed E-state index contributed by atoms with van der Waals surface area (Å²) in [5, 5.41) is 13.3. The van der Waals surface area contributed by atoms with Gasteiger partial charge in [0.25, 0.3) is 0 Å². The summed E-state index contributed by atoms with van der Waals surface area (Å²) in [6.45, 7) is 4.84. The third-order valence-corrected chi connectivity index (χ3v) is 15.1. The third-order valence-electron chi connectivity index (χ3n) is 15.1. The van der Waals surface area contributed by atoms with Crippen molar-refractivity contribution in [3.8, 4) is 44.5 Å². The maximum Gasteiger partial charge on any atom is 0.0276 e. The van der Waals surface area contributed by atoms with Gasteiger partial charge in [-0.15, -0.1) is 0 Å². The lowest BCUT2D eigenvalue weighted by Gasteiger charge is -2.30. The summed E-state index contributed by atoms with van der Waals surface area (Å²) in [7, 11) is 0. The fraction of sp³-hybridized carbons (Fsp3) is 0.0794. The molecule has 0 fully saturated rings. The van der Waals surface area contributed by atoms with Crippen LogP contribution in [0.3, 0.4) is 0 Å². The van der Waals surface area contributed by atoms with E-state index in [-0.39, 0.29) is 11.3 Å². The van der Waals surface area contributed by atoms with Crippen molar-refractivity contribution in [2.75, 3.05) is 0 Å². The summed E-state index contributed by atoms with van der Waals surface area (Å²) in [5.74, 6) is 0.278. The van der Waals surface area contributed by atoms with Gasteiger partial charge in [0, 0.05) is 11.3 Å². The molecule has 11 aromatic rings. The lowest BCUT2D eigenvalue weighted by Crippen LogP contribution is -2.15. The number of hydrogen-bond acceptors (Lipinski definition) is 0. The Kier molecular flexibility index (Phi) is 7.11. The van der Waals surface area contributed by atoms with E-state index in [9.17, 15) is 0 Å². The van der Waals surface area contributed by atoms with E-state index in [0.717, 1.165) is 6.42 Å². The van der Waals surface area contributed by atoms with Crippen molar-refractivity contribution in [2.45, 2.75) is 31.6 Å². The molecule has 0 aliphatic heterocycles. The van der Waals surface area contributed by atoms with Crippen molar-refractivity contribution in [2.24, 2.45) is 0 Å². The van der Waals surface area contributed by atoms with Crippen molar-refractivity contribution in [3.63, 3.8) is 0 Å². The molecule has 11 aromatic carbocycles. The zero-order valence-corrected chi connectivity index (χ0v) is 35.3. The maximum absolute atomic E-state index is 2.50. The van der Waals surface area contributed by atoms with Gasteiger partial charge < -0.3 is 0 Å². The van der Waals surface area contributed by atoms with Crippen molar-refractivity contribution >= 4 is 65.5 Å². The van der Waals surface area contributed by atoms with E-state index in [1.165, 1.54) is 137 Å². The number of benzene rings is 11. The molecule has 0 N–H and O–H groups in total. The summed E-state index contributed by atoms with van der Waals surface area (Å²) in [6, 6.07) is 69.2. The molecule has 0 saturated carbocycles. The summed E-state index contributed by atoms with van der Waals surface area (Å²) >= 11 is 0. The van der Waals surface area contributed by atoms with E-state index in [2.05, 4.69) is 214 Å². The Morgan fingerprint density at radius 3 is 1.75 bits per heavy atom. The molecule has 0 radical (unpaired) electrons. The summed E-state index contributed by atoms with van der Waals surface area (Å²) < 4.78 is 0. The second-order valence-electron chi connectivity index (χ2n) is 18.7. The maximum atomic E-state index is 2.50. The molecule has 0 aromatic heterocycles. The first kappa shape index (κ1) is 35.1. The van der Waals surface area contributed by atoms with Crippen molar-refractivity contribution in [1.29, 1.82) is 0 Å². The zero-order chi connectivity index (χ0) is 41.6. The first-order valence-corrected chi connectivity index (χ1v) is 22.5. The second-order valence-corrected chi connectivity index (χ2v) is 18.7. The first-order valence-electron chi connectivity index (χ1n) is 22.5. The highest BCUT2D eigenvalue weighted by atomic mass is 14.4. The quantitative estimate of drug-likeness (QED) is 0.156. The standard InChI is InChI=1S/C63H42/c1-63(2)57-35-43(46-33-34-50(49-14-7-6-13-48(46)49)51-27-19-40-16-15-38-11-8-12-39-20-32-56(51)60(40)59(38)39)23-28-52(57)53-29-24-44(36-58(53)63)47-26-18-42-21-30-54-45(37-9-4-3-5-10-37)25-17-41-22-31-55(47)62(42)61(41)54/h3-20,22-36,45H,21H2,1-2H3. The molecular formula is C63H42. The highest BCUT2D eigenvalue weighted by molar-refractivity contribution is 6.26. The van der Waals surface area contributed by atoms with Crippen LogP contribution in [-0.4, -0.2) is 0 Å². The van der Waals surface area contributed by atoms with Crippen LogP contribution in [-0.2, 0) is 11.8 Å². The third kappa shape index (κ3) is 4.87. The molecule has 3 aliphatic carbocycles. The van der Waals surface area contributed by atoms with Gasteiger partial charge in [-0.3, -0.25) is 0 Å². The van der Waals surface area contributed by atoms with Crippen LogP contribution in [0.4, 0.5) is 0 Å². The average molecular weight is 799 g/mol. The summed E-state index contributed by atoms with van der Waals surface area (Å²) in [6.07, 6.45) is 8.19. The summed E-state index contributed by atoms with van der Waals surface area (Å²) in [5.41, 5.74) is 20.0. The average Bonchev–Trinajstić information content (AvgIpc) is 3.56. The molecule has 0 saturated heterocycles. The summed E-state index contributed by atoms with van der Waals surface area (Å²) in [4.78, 5) is 0. The van der Waals surface area contributed by atoms with Crippen molar-refractivity contribution in [3.05, 3.63) is 228 Å². The molecule has 63 heavy (non-hydrogen) atoms. The van der Waals surface area contributed by atoms with E-state index >= 15 is 0 Å². The highest BCUT2D eigenvalue weighted by Crippen LogP contribution is 2.53. The van der Waals surface area contributed by atoms with Gasteiger partial charge in [0.15, 0.2) is 0 Å². The van der Waals surface area contributed by atoms with E-state index < -0.39 is 0 Å². The molecule has 0 spiro atoms. The van der Waals surface area contributed by atoms with E-state index in [1.54, 1.807) is 0 Å². The molecule has 0 heterocycles. The van der Waals surface area contributed by atoms with Gasteiger partial charge in [-0.05, 0) is 156 Å². The molecule has 0 nitrogen and oxygen atoms in total. The van der Waals surface area contributed by atoms with E-state index in [0.29, 0.717) is 0 Å². The van der Waals surface area contributed by atoms with Crippen LogP contribution < -0.4 is 0 Å². The molecular weight excluding hydrogens is 757 g/mol. The zero-order valence-electron chi connectivity index (χ0n) is 35.3. The fourth-order valence-corrected chi connectivity index (χ4v) is 12.1. The molecule has 0 bridgehead atoms. The Labute approximate surface area is 367 Å². The van der Waals surface area contributed by atoms with Crippen LogP contribution in [0.25, 0.3) is 110 Å². The molecule has 0 amide bonds. The SMILES string of the molecule is CC1(C)c2cc(-c3ccc(-c4ccc5ccc6cccc7ccc4c5c67)c4ccccc34)ccc2-c2ccc(-c3ccc4c5c6c(ccc35)C=CC(c3ccccc3)C6=CC4)cc21. The molecule has 1 atom stereocenters. The smallest absolute Gasteiger partial charge is 0.0276 e. The number of hydrogen-bond donors (Lipinski definition) is 0. The largest absolute Gasteiger partial charge is 0.0753 e. The normalized spacial score (nSPS) is 15.7. The Bertz CT molecular complexity index is 3820. The van der Waals surface area contributed by atoms with Gasteiger partial charge >= 0.3 is 0 Å². The minimum atomic E-state index is -0.169. The van der Waals surface area contributed by atoms with Gasteiger partial charge in [-0.2, -0.15) is 0 Å². The first-order chi connectivity index (χ1) is 31.0. The van der Waals surface area contributed by atoms with Gasteiger partial charge in [0.05, 0.1) is 0 Å². The number of allylic oxidation sites excluding steroid dienone is 3. The highest BCUT2D eigenvalue weighted by Gasteiger charge is 2.36. The van der Waals surface area contributed by atoms with Crippen molar-refractivity contribution < 1.29 is 0 Å². The van der Waals surface area contributed by atoms with Gasteiger partial charge in [0.1, 0.15) is 0 Å². The van der Waals surface area contributed by atoms with Gasteiger partial charge in [0.2, 0.25) is 0 Å². The number of fused-ring (bicyclic) bond motifs is 4. The molecule has 14 rings (SSSR count). The van der Waals surface area contributed by atoms with Gasteiger partial charge in [-0.1, -0.05) is 202 Å². The predicted octanol–water partition coefficient (Wildman–Crippen LogP) is 16.9. The number of rotatable bonds is 4. The topological polar surface area (TPSA) is 0 Å². The van der Waals surface area contributed by atoms with Crippen LogP contribution in [0.1, 0.15) is 53.1 Å². The van der Waals surface area contributed by atoms with E-state index in [4.69, 9.17) is 0 Å². The van der Waals surface area contributed by atoms with E-state index in [1.807, 2.05) is 0 Å². The Morgan fingerprint density at radius 2 is 0.984 bits per heavy atom. The van der Waals surface area contributed by atoms with Crippen LogP contribution in [0.2, 0.25) is 0 Å². The fourth-order valence-electron chi connectivity index (χ4n) is 12.1. The Hall–Kier alpha value is -7.54. The van der Waals surface area contributed by atoms with Crippen LogP contribution in [0.5, 0.6) is 0 Å². The lowest BCUT2D eigenvalue weighted by atomic mass is 9.74. The molecule has 1 unspecified atom stereocenters. The van der Waals surface area contributed by atoms with Gasteiger partial charge in [-0.25, -0.2) is 0 Å². The van der Waals surface area contributed by atoms with Crippen LogP contribution in [0.15, 0.2) is 194 Å². The lowest BCUT2D eigenvalue weighted by molar-refractivity contribution is 0.661.